The lowest BCUT2D eigenvalue weighted by molar-refractivity contribution is -0.126. The Kier molecular flexibility index (Phi) is 5.66. The van der Waals surface area contributed by atoms with Gasteiger partial charge in [-0.15, -0.1) is 0 Å². The first-order chi connectivity index (χ1) is 8.17. The number of nitrogens with one attached hydrogen (secondary N) is 1. The Bertz CT molecular complexity index is 349. The van der Waals surface area contributed by atoms with Crippen LogP contribution in [-0.4, -0.2) is 12.5 Å². The van der Waals surface area contributed by atoms with Crippen LogP contribution in [-0.2, 0) is 16.1 Å². The standard InChI is InChI=1S/C13H20N2O2/c1-3-10-5-7-11(8-6-10)12(4-2)15-17-9-13(14)16/h5-8,12,15H,3-4,9H2,1-2H3,(H2,14,16). The molecule has 0 aliphatic carbocycles. The SMILES string of the molecule is CCc1ccc(C(CC)NOCC(N)=O)cc1. The molecular weight excluding hydrogens is 216 g/mol. The van der Waals surface area contributed by atoms with Gasteiger partial charge >= 0.3 is 0 Å². The molecule has 1 aromatic rings. The van der Waals surface area contributed by atoms with E-state index in [2.05, 4.69) is 43.6 Å². The van der Waals surface area contributed by atoms with Gasteiger partial charge in [0.15, 0.2) is 0 Å². The van der Waals surface area contributed by atoms with Crippen molar-refractivity contribution >= 4 is 5.91 Å². The number of hydrogen-bond acceptors (Lipinski definition) is 3. The van der Waals surface area contributed by atoms with Crippen LogP contribution in [0, 0.1) is 0 Å². The fourth-order valence-corrected chi connectivity index (χ4v) is 1.59. The summed E-state index contributed by atoms with van der Waals surface area (Å²) in [6.07, 6.45) is 1.91. The van der Waals surface area contributed by atoms with Gasteiger partial charge in [0.2, 0.25) is 5.91 Å². The minimum absolute atomic E-state index is 0.0836. The number of amides is 1. The van der Waals surface area contributed by atoms with Crippen LogP contribution >= 0.6 is 0 Å². The van der Waals surface area contributed by atoms with Crippen LogP contribution in [0.25, 0.3) is 0 Å². The van der Waals surface area contributed by atoms with Crippen LogP contribution in [0.15, 0.2) is 24.3 Å². The van der Waals surface area contributed by atoms with E-state index in [0.717, 1.165) is 18.4 Å². The second-order valence-corrected chi connectivity index (χ2v) is 3.93. The molecule has 0 aliphatic rings. The summed E-state index contributed by atoms with van der Waals surface area (Å²) in [7, 11) is 0. The lowest BCUT2D eigenvalue weighted by atomic mass is 10.0. The summed E-state index contributed by atoms with van der Waals surface area (Å²) in [5, 5.41) is 0. The third-order valence-electron chi connectivity index (χ3n) is 2.64. The van der Waals surface area contributed by atoms with Crippen LogP contribution in [0.4, 0.5) is 0 Å². The molecular formula is C13H20N2O2. The molecule has 94 valence electrons. The number of carbonyl (C=O) groups is 1. The molecule has 4 heteroatoms. The summed E-state index contributed by atoms with van der Waals surface area (Å²) in [5.41, 5.74) is 10.3. The van der Waals surface area contributed by atoms with Crippen molar-refractivity contribution in [3.63, 3.8) is 0 Å². The van der Waals surface area contributed by atoms with Gasteiger partial charge in [0, 0.05) is 0 Å². The zero-order valence-electron chi connectivity index (χ0n) is 10.4. The van der Waals surface area contributed by atoms with Gasteiger partial charge in [-0.1, -0.05) is 38.1 Å². The van der Waals surface area contributed by atoms with Crippen molar-refractivity contribution in [1.29, 1.82) is 0 Å². The molecule has 1 aromatic carbocycles. The predicted octanol–water partition coefficient (Wildman–Crippen LogP) is 1.71. The van der Waals surface area contributed by atoms with Crippen molar-refractivity contribution in [2.75, 3.05) is 6.61 Å². The highest BCUT2D eigenvalue weighted by Gasteiger charge is 2.09. The third-order valence-corrected chi connectivity index (χ3v) is 2.64. The fourth-order valence-electron chi connectivity index (χ4n) is 1.59. The van der Waals surface area contributed by atoms with Gasteiger partial charge in [-0.25, -0.2) is 0 Å². The maximum atomic E-state index is 10.5. The summed E-state index contributed by atoms with van der Waals surface area (Å²) >= 11 is 0. The molecule has 0 saturated heterocycles. The highest BCUT2D eigenvalue weighted by atomic mass is 16.6. The number of primary amides is 1. The molecule has 0 bridgehead atoms. The normalized spacial score (nSPS) is 12.4. The van der Waals surface area contributed by atoms with Crippen molar-refractivity contribution < 1.29 is 9.63 Å². The Morgan fingerprint density at radius 3 is 2.47 bits per heavy atom. The first kappa shape index (κ1) is 13.7. The summed E-state index contributed by atoms with van der Waals surface area (Å²) in [5.74, 6) is -0.478. The second-order valence-electron chi connectivity index (χ2n) is 3.93. The Morgan fingerprint density at radius 1 is 1.35 bits per heavy atom. The molecule has 1 rings (SSSR count). The third kappa shape index (κ3) is 4.54. The highest BCUT2D eigenvalue weighted by Crippen LogP contribution is 2.17. The molecule has 17 heavy (non-hydrogen) atoms. The van der Waals surface area contributed by atoms with Gasteiger partial charge in [0.1, 0.15) is 6.61 Å². The van der Waals surface area contributed by atoms with Crippen molar-refractivity contribution in [1.82, 2.24) is 5.48 Å². The first-order valence-electron chi connectivity index (χ1n) is 5.91. The summed E-state index contributed by atoms with van der Waals surface area (Å²) in [6.45, 7) is 4.07. The van der Waals surface area contributed by atoms with Crippen molar-refractivity contribution in [2.24, 2.45) is 5.73 Å². The van der Waals surface area contributed by atoms with E-state index in [1.165, 1.54) is 5.56 Å². The second kappa shape index (κ2) is 7.04. The van der Waals surface area contributed by atoms with Gasteiger partial charge in [-0.05, 0) is 24.0 Å². The molecule has 0 heterocycles. The highest BCUT2D eigenvalue weighted by molar-refractivity contribution is 5.74. The van der Waals surface area contributed by atoms with E-state index in [1.807, 2.05) is 0 Å². The summed E-state index contributed by atoms with van der Waals surface area (Å²) in [4.78, 5) is 15.6. The van der Waals surface area contributed by atoms with Crippen LogP contribution in [0.3, 0.4) is 0 Å². The molecule has 0 radical (unpaired) electrons. The number of hydrogen-bond donors (Lipinski definition) is 2. The van der Waals surface area contributed by atoms with Crippen LogP contribution in [0.2, 0.25) is 0 Å². The van der Waals surface area contributed by atoms with Crippen LogP contribution < -0.4 is 11.2 Å². The Hall–Kier alpha value is -1.39. The number of rotatable bonds is 7. The Morgan fingerprint density at radius 2 is 2.00 bits per heavy atom. The number of benzene rings is 1. The average Bonchev–Trinajstić information content (AvgIpc) is 2.34. The smallest absolute Gasteiger partial charge is 0.245 e. The minimum Gasteiger partial charge on any atom is -0.368 e. The summed E-state index contributed by atoms with van der Waals surface area (Å²) in [6, 6.07) is 8.45. The van der Waals surface area contributed by atoms with E-state index in [0.29, 0.717) is 0 Å². The van der Waals surface area contributed by atoms with Gasteiger partial charge in [-0.3, -0.25) is 9.63 Å². The Labute approximate surface area is 102 Å². The zero-order valence-corrected chi connectivity index (χ0v) is 10.4. The molecule has 1 atom stereocenters. The van der Waals surface area contributed by atoms with E-state index in [9.17, 15) is 4.79 Å². The zero-order chi connectivity index (χ0) is 12.7. The van der Waals surface area contributed by atoms with Gasteiger partial charge in [-0.2, -0.15) is 5.48 Å². The lowest BCUT2D eigenvalue weighted by Gasteiger charge is -2.16. The fraction of sp³-hybridized carbons (Fsp3) is 0.462. The molecule has 0 aromatic heterocycles. The van der Waals surface area contributed by atoms with E-state index in [-0.39, 0.29) is 12.6 Å². The molecule has 0 fully saturated rings. The van der Waals surface area contributed by atoms with Gasteiger partial charge < -0.3 is 5.73 Å². The van der Waals surface area contributed by atoms with Gasteiger partial charge in [0.05, 0.1) is 6.04 Å². The molecule has 3 N–H and O–H groups in total. The molecule has 1 unspecified atom stereocenters. The molecule has 1 amide bonds. The minimum atomic E-state index is -0.478. The lowest BCUT2D eigenvalue weighted by Crippen LogP contribution is -2.27. The van der Waals surface area contributed by atoms with Crippen molar-refractivity contribution in [3.05, 3.63) is 35.4 Å². The number of hydroxylamine groups is 1. The van der Waals surface area contributed by atoms with Crippen LogP contribution in [0.1, 0.15) is 37.4 Å². The van der Waals surface area contributed by atoms with E-state index >= 15 is 0 Å². The Balaban J connectivity index is 2.56. The van der Waals surface area contributed by atoms with Crippen LogP contribution in [0.5, 0.6) is 0 Å². The van der Waals surface area contributed by atoms with E-state index in [1.54, 1.807) is 0 Å². The summed E-state index contributed by atoms with van der Waals surface area (Å²) < 4.78 is 0. The monoisotopic (exact) mass is 236 g/mol. The molecule has 4 nitrogen and oxygen atoms in total. The van der Waals surface area contributed by atoms with E-state index < -0.39 is 5.91 Å². The quantitative estimate of drug-likeness (QED) is 0.708. The van der Waals surface area contributed by atoms with Crippen molar-refractivity contribution in [3.8, 4) is 0 Å². The maximum Gasteiger partial charge on any atom is 0.245 e. The average molecular weight is 236 g/mol. The molecule has 0 aliphatic heterocycles. The van der Waals surface area contributed by atoms with Crippen molar-refractivity contribution in [2.45, 2.75) is 32.7 Å². The molecule has 0 saturated carbocycles. The number of carbonyl (C=O) groups excluding carboxylic acids is 1. The maximum absolute atomic E-state index is 10.5. The number of nitrogens with two attached hydrogens (primary N) is 1. The first-order valence-corrected chi connectivity index (χ1v) is 5.91. The predicted molar refractivity (Wildman–Crippen MR) is 67.1 cm³/mol. The molecule has 0 spiro atoms. The van der Waals surface area contributed by atoms with Gasteiger partial charge in [0.25, 0.3) is 0 Å². The number of aryl methyl sites for hydroxylation is 1. The topological polar surface area (TPSA) is 64.3 Å². The van der Waals surface area contributed by atoms with E-state index in [4.69, 9.17) is 10.6 Å². The largest absolute Gasteiger partial charge is 0.368 e.